The maximum absolute atomic E-state index is 12.9. The summed E-state index contributed by atoms with van der Waals surface area (Å²) in [5.41, 5.74) is 5.48. The summed E-state index contributed by atoms with van der Waals surface area (Å²) in [5, 5.41) is 0. The van der Waals surface area contributed by atoms with Crippen molar-refractivity contribution >= 4 is 34.8 Å². The Kier molecular flexibility index (Phi) is 5.70. The number of rotatable bonds is 4. The van der Waals surface area contributed by atoms with E-state index in [1.54, 1.807) is 0 Å². The molecule has 3 heterocycles. The molecular formula is C28H33N3O3. The van der Waals surface area contributed by atoms with Gasteiger partial charge in [0.15, 0.2) is 0 Å². The first kappa shape index (κ1) is 22.6. The summed E-state index contributed by atoms with van der Waals surface area (Å²) in [4.78, 5) is 44.1. The van der Waals surface area contributed by atoms with Gasteiger partial charge in [0.05, 0.1) is 17.1 Å². The third kappa shape index (κ3) is 3.89. The lowest BCUT2D eigenvalue weighted by Gasteiger charge is -2.31. The summed E-state index contributed by atoms with van der Waals surface area (Å²) >= 11 is 0. The van der Waals surface area contributed by atoms with Crippen molar-refractivity contribution in [2.45, 2.75) is 64.7 Å². The van der Waals surface area contributed by atoms with E-state index >= 15 is 0 Å². The first-order chi connectivity index (χ1) is 16.3. The molecule has 0 aliphatic carbocycles. The summed E-state index contributed by atoms with van der Waals surface area (Å²) in [5.74, 6) is 0.278. The molecule has 0 radical (unpaired) electrons. The van der Waals surface area contributed by atoms with E-state index in [4.69, 9.17) is 0 Å². The highest BCUT2D eigenvalue weighted by Crippen LogP contribution is 2.46. The average molecular weight is 460 g/mol. The van der Waals surface area contributed by atoms with Crippen molar-refractivity contribution in [2.75, 3.05) is 34.3 Å². The van der Waals surface area contributed by atoms with Crippen molar-refractivity contribution < 1.29 is 14.4 Å². The van der Waals surface area contributed by atoms with E-state index in [2.05, 4.69) is 39.0 Å². The highest BCUT2D eigenvalue weighted by atomic mass is 16.2. The lowest BCUT2D eigenvalue weighted by Crippen LogP contribution is -2.31. The zero-order valence-electron chi connectivity index (χ0n) is 20.4. The molecule has 2 aromatic rings. The van der Waals surface area contributed by atoms with Gasteiger partial charge in [-0.05, 0) is 47.9 Å². The number of nitrogens with zero attached hydrogens (tertiary/aromatic N) is 3. The fourth-order valence-corrected chi connectivity index (χ4v) is 5.52. The minimum absolute atomic E-state index is 0.0782. The van der Waals surface area contributed by atoms with Gasteiger partial charge in [-0.1, -0.05) is 45.0 Å². The van der Waals surface area contributed by atoms with Gasteiger partial charge in [-0.25, -0.2) is 0 Å². The smallest absolute Gasteiger partial charge is 0.227 e. The minimum Gasteiger partial charge on any atom is -0.312 e. The Balaban J connectivity index is 1.79. The van der Waals surface area contributed by atoms with E-state index in [-0.39, 0.29) is 23.1 Å². The highest BCUT2D eigenvalue weighted by molar-refractivity contribution is 6.08. The van der Waals surface area contributed by atoms with E-state index in [9.17, 15) is 14.4 Å². The lowest BCUT2D eigenvalue weighted by molar-refractivity contribution is -0.118. The van der Waals surface area contributed by atoms with Crippen molar-refractivity contribution in [1.82, 2.24) is 0 Å². The van der Waals surface area contributed by atoms with Crippen LogP contribution in [0.25, 0.3) is 11.1 Å². The van der Waals surface area contributed by atoms with Gasteiger partial charge < -0.3 is 14.7 Å². The van der Waals surface area contributed by atoms with Gasteiger partial charge in [-0.3, -0.25) is 14.4 Å². The predicted molar refractivity (Wildman–Crippen MR) is 135 cm³/mol. The molecule has 5 rings (SSSR count). The van der Waals surface area contributed by atoms with Crippen LogP contribution >= 0.6 is 0 Å². The van der Waals surface area contributed by atoms with E-state index < -0.39 is 0 Å². The van der Waals surface area contributed by atoms with E-state index in [0.29, 0.717) is 38.9 Å². The van der Waals surface area contributed by atoms with Gasteiger partial charge in [0, 0.05) is 44.5 Å². The van der Waals surface area contributed by atoms with Crippen LogP contribution in [0.1, 0.15) is 64.9 Å². The fraction of sp³-hybridized carbons (Fsp3) is 0.464. The molecule has 178 valence electrons. The topological polar surface area (TPSA) is 60.9 Å². The molecule has 0 aromatic heterocycles. The van der Waals surface area contributed by atoms with Crippen molar-refractivity contribution in [3.8, 4) is 11.1 Å². The molecule has 0 unspecified atom stereocenters. The number of carbonyl (C=O) groups is 3. The minimum atomic E-state index is -0.101. The number of amides is 3. The van der Waals surface area contributed by atoms with Crippen LogP contribution in [0.5, 0.6) is 0 Å². The Labute approximate surface area is 201 Å². The molecule has 0 bridgehead atoms. The summed E-state index contributed by atoms with van der Waals surface area (Å²) in [6.07, 6.45) is 4.01. The second-order valence-corrected chi connectivity index (χ2v) is 10.6. The van der Waals surface area contributed by atoms with Gasteiger partial charge in [-0.15, -0.1) is 0 Å². The molecule has 3 aliphatic heterocycles. The molecule has 34 heavy (non-hydrogen) atoms. The Morgan fingerprint density at radius 3 is 1.56 bits per heavy atom. The van der Waals surface area contributed by atoms with Crippen molar-refractivity contribution in [1.29, 1.82) is 0 Å². The van der Waals surface area contributed by atoms with Gasteiger partial charge >= 0.3 is 0 Å². The number of hydrogen-bond donors (Lipinski definition) is 0. The zero-order chi connectivity index (χ0) is 24.0. The Hall–Kier alpha value is -3.15. The molecular weight excluding hydrogens is 426 g/mol. The van der Waals surface area contributed by atoms with Crippen LogP contribution in [0.3, 0.4) is 0 Å². The zero-order valence-corrected chi connectivity index (χ0v) is 20.4. The maximum Gasteiger partial charge on any atom is 0.227 e. The molecule has 3 saturated heterocycles. The summed E-state index contributed by atoms with van der Waals surface area (Å²) in [6, 6.07) is 12.4. The van der Waals surface area contributed by atoms with Gasteiger partial charge in [0.1, 0.15) is 0 Å². The SMILES string of the molecule is CC(C)(C)c1ccccc1-c1cc(N2CCCC2=O)c(N2CCCC2=O)cc1N1CCCC1=O. The molecule has 0 saturated carbocycles. The largest absolute Gasteiger partial charge is 0.312 e. The highest BCUT2D eigenvalue weighted by Gasteiger charge is 2.34. The van der Waals surface area contributed by atoms with Crippen molar-refractivity contribution in [2.24, 2.45) is 0 Å². The average Bonchev–Trinajstić information content (AvgIpc) is 3.54. The van der Waals surface area contributed by atoms with Crippen LogP contribution in [0.2, 0.25) is 0 Å². The molecule has 0 atom stereocenters. The first-order valence-electron chi connectivity index (χ1n) is 12.4. The molecule has 0 spiro atoms. The summed E-state index contributed by atoms with van der Waals surface area (Å²) < 4.78 is 0. The van der Waals surface area contributed by atoms with Crippen LogP contribution in [0.15, 0.2) is 36.4 Å². The summed E-state index contributed by atoms with van der Waals surface area (Å²) in [6.45, 7) is 8.52. The Morgan fingerprint density at radius 1 is 0.618 bits per heavy atom. The Bertz CT molecular complexity index is 1160. The molecule has 6 nitrogen and oxygen atoms in total. The van der Waals surface area contributed by atoms with Gasteiger partial charge in [-0.2, -0.15) is 0 Å². The number of carbonyl (C=O) groups excluding carboxylic acids is 3. The normalized spacial score (nSPS) is 19.1. The van der Waals surface area contributed by atoms with Crippen LogP contribution in [-0.4, -0.2) is 37.4 Å². The molecule has 2 aromatic carbocycles. The molecule has 6 heteroatoms. The monoisotopic (exact) mass is 459 g/mol. The fourth-order valence-electron chi connectivity index (χ4n) is 5.52. The quantitative estimate of drug-likeness (QED) is 0.644. The third-order valence-corrected chi connectivity index (χ3v) is 7.21. The van der Waals surface area contributed by atoms with E-state index in [1.807, 2.05) is 32.9 Å². The molecule has 3 aliphatic rings. The van der Waals surface area contributed by atoms with Gasteiger partial charge in [0.2, 0.25) is 17.7 Å². The lowest BCUT2D eigenvalue weighted by atomic mass is 9.81. The maximum atomic E-state index is 12.9. The number of benzene rings is 2. The first-order valence-corrected chi connectivity index (χ1v) is 12.4. The van der Waals surface area contributed by atoms with E-state index in [1.165, 1.54) is 5.56 Å². The number of anilines is 3. The van der Waals surface area contributed by atoms with Crippen LogP contribution in [-0.2, 0) is 19.8 Å². The van der Waals surface area contributed by atoms with Crippen molar-refractivity contribution in [3.05, 3.63) is 42.0 Å². The molecule has 3 amide bonds. The van der Waals surface area contributed by atoms with Crippen LogP contribution in [0, 0.1) is 0 Å². The predicted octanol–water partition coefficient (Wildman–Crippen LogP) is 5.03. The summed E-state index contributed by atoms with van der Waals surface area (Å²) in [7, 11) is 0. The molecule has 3 fully saturated rings. The third-order valence-electron chi connectivity index (χ3n) is 7.21. The van der Waals surface area contributed by atoms with Crippen molar-refractivity contribution in [3.63, 3.8) is 0 Å². The standard InChI is InChI=1S/C28H33N3O3/c1-28(2,3)21-10-5-4-9-19(21)20-17-23(30-15-7-12-26(30)33)24(31-16-8-13-27(31)34)18-22(20)29-14-6-11-25(29)32/h4-5,9-10,17-18H,6-8,11-16H2,1-3H3. The van der Waals surface area contributed by atoms with Crippen LogP contribution in [0.4, 0.5) is 17.1 Å². The van der Waals surface area contributed by atoms with Gasteiger partial charge in [0.25, 0.3) is 0 Å². The van der Waals surface area contributed by atoms with Crippen LogP contribution < -0.4 is 14.7 Å². The molecule has 0 N–H and O–H groups in total. The second kappa shape index (κ2) is 8.57. The number of hydrogen-bond acceptors (Lipinski definition) is 3. The Morgan fingerprint density at radius 2 is 1.09 bits per heavy atom. The van der Waals surface area contributed by atoms with E-state index in [0.717, 1.165) is 47.5 Å². The second-order valence-electron chi connectivity index (χ2n) is 10.6.